The van der Waals surface area contributed by atoms with Crippen LogP contribution in [0.4, 0.5) is 20.7 Å². The fourth-order valence-corrected chi connectivity index (χ4v) is 3.71. The maximum atomic E-state index is 14.3. The summed E-state index contributed by atoms with van der Waals surface area (Å²) in [4.78, 5) is 37.9. The van der Waals surface area contributed by atoms with Gasteiger partial charge in [0.1, 0.15) is 5.82 Å². The van der Waals surface area contributed by atoms with E-state index in [9.17, 15) is 14.0 Å². The van der Waals surface area contributed by atoms with Crippen LogP contribution in [0.25, 0.3) is 11.4 Å². The minimum Gasteiger partial charge on any atom is -0.491 e. The molecule has 3 heterocycles. The number of amides is 2. The summed E-state index contributed by atoms with van der Waals surface area (Å²) in [6.45, 7) is 0.553. The molecule has 0 aliphatic carbocycles. The van der Waals surface area contributed by atoms with Gasteiger partial charge in [-0.2, -0.15) is 0 Å². The van der Waals surface area contributed by atoms with Crippen LogP contribution in [0, 0.1) is 5.82 Å². The quantitative estimate of drug-likeness (QED) is 0.482. The summed E-state index contributed by atoms with van der Waals surface area (Å²) in [5.41, 5.74) is 0.692. The molecule has 0 spiro atoms. The maximum absolute atomic E-state index is 14.3. The van der Waals surface area contributed by atoms with E-state index >= 15 is 0 Å². The van der Waals surface area contributed by atoms with Gasteiger partial charge in [-0.15, -0.1) is 0 Å². The van der Waals surface area contributed by atoms with Crippen molar-refractivity contribution < 1.29 is 23.8 Å². The number of carboxylic acid groups (broad SMARTS) is 1. The van der Waals surface area contributed by atoms with Crippen molar-refractivity contribution in [3.63, 3.8) is 0 Å². The van der Waals surface area contributed by atoms with Crippen molar-refractivity contribution in [1.29, 1.82) is 0 Å². The second-order valence-corrected chi connectivity index (χ2v) is 7.91. The van der Waals surface area contributed by atoms with Gasteiger partial charge in [0.15, 0.2) is 17.4 Å². The van der Waals surface area contributed by atoms with Crippen molar-refractivity contribution in [3.8, 4) is 17.1 Å². The fraction of sp³-hybridized carbons (Fsp3) is 0.227. The second kappa shape index (κ2) is 9.87. The summed E-state index contributed by atoms with van der Waals surface area (Å²) in [5, 5.41) is 15.3. The van der Waals surface area contributed by atoms with Crippen molar-refractivity contribution in [2.75, 3.05) is 25.5 Å². The van der Waals surface area contributed by atoms with E-state index in [1.54, 1.807) is 6.07 Å². The second-order valence-electron chi connectivity index (χ2n) is 7.47. The molecular formula is C22H20ClFN6O4. The van der Waals surface area contributed by atoms with Crippen LogP contribution >= 0.6 is 11.6 Å². The average Bonchev–Trinajstić information content (AvgIpc) is 3.30. The summed E-state index contributed by atoms with van der Waals surface area (Å²) in [6.07, 6.45) is 3.74. The van der Waals surface area contributed by atoms with Gasteiger partial charge in [-0.25, -0.2) is 19.2 Å². The lowest BCUT2D eigenvalue weighted by Gasteiger charge is -2.17. The number of halogens is 2. The van der Waals surface area contributed by atoms with Gasteiger partial charge in [-0.05, 0) is 30.7 Å². The number of likely N-dealkylation sites (tertiary alicyclic amines) is 1. The number of rotatable bonds is 6. The molecule has 1 fully saturated rings. The topological polar surface area (TPSA) is 130 Å². The average molecular weight is 487 g/mol. The zero-order valence-corrected chi connectivity index (χ0v) is 18.7. The highest BCUT2D eigenvalue weighted by Crippen LogP contribution is 2.30. The third-order valence-electron chi connectivity index (χ3n) is 5.26. The Hall–Kier alpha value is -3.99. The normalized spacial score (nSPS) is 15.1. The monoisotopic (exact) mass is 486 g/mol. The predicted molar refractivity (Wildman–Crippen MR) is 122 cm³/mol. The van der Waals surface area contributed by atoms with Crippen molar-refractivity contribution in [1.82, 2.24) is 25.2 Å². The van der Waals surface area contributed by atoms with E-state index in [0.29, 0.717) is 23.7 Å². The van der Waals surface area contributed by atoms with Crippen LogP contribution in [-0.4, -0.2) is 63.2 Å². The highest BCUT2D eigenvalue weighted by atomic mass is 35.5. The molecule has 176 valence electrons. The molecule has 3 aromatic rings. The number of hydrogen-bond donors (Lipinski definition) is 3. The van der Waals surface area contributed by atoms with Crippen LogP contribution in [0.1, 0.15) is 16.8 Å². The Morgan fingerprint density at radius 2 is 2.12 bits per heavy atom. The number of methoxy groups -OCH3 is 1. The number of nitrogens with zero attached hydrogens (tertiary/aromatic N) is 4. The van der Waals surface area contributed by atoms with Crippen LogP contribution in [0.3, 0.4) is 0 Å². The molecule has 1 aromatic carbocycles. The molecule has 0 saturated carbocycles. The Morgan fingerprint density at radius 1 is 1.29 bits per heavy atom. The molecule has 2 amide bonds. The Bertz CT molecular complexity index is 1240. The van der Waals surface area contributed by atoms with E-state index in [0.717, 1.165) is 0 Å². The Balaban J connectivity index is 1.60. The number of hydrogen-bond acceptors (Lipinski definition) is 7. The maximum Gasteiger partial charge on any atom is 0.407 e. The van der Waals surface area contributed by atoms with E-state index in [4.69, 9.17) is 21.4 Å². The van der Waals surface area contributed by atoms with Gasteiger partial charge < -0.3 is 25.4 Å². The summed E-state index contributed by atoms with van der Waals surface area (Å²) < 4.78 is 19.7. The number of benzene rings is 1. The molecule has 34 heavy (non-hydrogen) atoms. The van der Waals surface area contributed by atoms with Crippen LogP contribution in [-0.2, 0) is 0 Å². The third-order valence-corrected chi connectivity index (χ3v) is 5.49. The van der Waals surface area contributed by atoms with Crippen LogP contribution < -0.4 is 15.4 Å². The van der Waals surface area contributed by atoms with Crippen molar-refractivity contribution in [3.05, 3.63) is 59.3 Å². The highest BCUT2D eigenvalue weighted by molar-refractivity contribution is 6.30. The molecule has 2 aromatic heterocycles. The van der Waals surface area contributed by atoms with Crippen LogP contribution in [0.2, 0.25) is 5.02 Å². The number of pyridine rings is 1. The molecule has 10 nitrogen and oxygen atoms in total. The number of carbonyl (C=O) groups excluding carboxylic acids is 1. The van der Waals surface area contributed by atoms with E-state index in [1.807, 2.05) is 0 Å². The minimum atomic E-state index is -1.02. The predicted octanol–water partition coefficient (Wildman–Crippen LogP) is 3.57. The number of carbonyl (C=O) groups is 2. The zero-order valence-electron chi connectivity index (χ0n) is 18.0. The molecule has 0 radical (unpaired) electrons. The van der Waals surface area contributed by atoms with E-state index in [2.05, 4.69) is 25.6 Å². The molecular weight excluding hydrogens is 467 g/mol. The minimum absolute atomic E-state index is 0.0723. The van der Waals surface area contributed by atoms with Crippen molar-refractivity contribution >= 4 is 35.1 Å². The SMILES string of the molecule is COc1cnc(-c2cc(Cl)ccc2F)nc1Nc1ccncc1C(=O)NC1CCN(C(=O)O)C1. The van der Waals surface area contributed by atoms with Gasteiger partial charge in [0.25, 0.3) is 5.91 Å². The first-order valence-corrected chi connectivity index (χ1v) is 10.6. The summed E-state index contributed by atoms with van der Waals surface area (Å²) in [7, 11) is 1.43. The molecule has 1 aliphatic rings. The molecule has 0 bridgehead atoms. The zero-order chi connectivity index (χ0) is 24.2. The van der Waals surface area contributed by atoms with Crippen molar-refractivity contribution in [2.24, 2.45) is 0 Å². The standard InChI is InChI=1S/C22H20ClFN6O4/c1-34-18-10-26-19(14-8-12(23)2-3-16(14)24)29-20(18)28-17-4-6-25-9-15(17)21(31)27-13-5-7-30(11-13)22(32)33/h2-4,6,8-10,13H,5,7,11H2,1H3,(H,27,31)(H,32,33)(H,25,26,28,29). The van der Waals surface area contributed by atoms with Gasteiger partial charge in [0, 0.05) is 36.5 Å². The van der Waals surface area contributed by atoms with Gasteiger partial charge in [-0.1, -0.05) is 11.6 Å². The third kappa shape index (κ3) is 4.99. The van der Waals surface area contributed by atoms with Crippen molar-refractivity contribution in [2.45, 2.75) is 12.5 Å². The Morgan fingerprint density at radius 3 is 2.85 bits per heavy atom. The highest BCUT2D eigenvalue weighted by Gasteiger charge is 2.28. The van der Waals surface area contributed by atoms with E-state index in [1.165, 1.54) is 48.8 Å². The largest absolute Gasteiger partial charge is 0.491 e. The summed E-state index contributed by atoms with van der Waals surface area (Å²) >= 11 is 6.00. The number of aromatic nitrogens is 3. The Labute approximate surface area is 198 Å². The molecule has 1 unspecified atom stereocenters. The van der Waals surface area contributed by atoms with Crippen LogP contribution in [0.15, 0.2) is 42.9 Å². The number of ether oxygens (including phenoxy) is 1. The van der Waals surface area contributed by atoms with E-state index in [-0.39, 0.29) is 41.1 Å². The molecule has 12 heteroatoms. The summed E-state index contributed by atoms with van der Waals surface area (Å²) in [5.74, 6) is -0.436. The molecule has 3 N–H and O–H groups in total. The summed E-state index contributed by atoms with van der Waals surface area (Å²) in [6, 6.07) is 5.32. The molecule has 1 atom stereocenters. The Kier molecular flexibility index (Phi) is 6.73. The van der Waals surface area contributed by atoms with E-state index < -0.39 is 17.8 Å². The fourth-order valence-electron chi connectivity index (χ4n) is 3.54. The van der Waals surface area contributed by atoms with Gasteiger partial charge >= 0.3 is 6.09 Å². The molecule has 1 saturated heterocycles. The van der Waals surface area contributed by atoms with Gasteiger partial charge in [0.2, 0.25) is 0 Å². The van der Waals surface area contributed by atoms with Gasteiger partial charge in [-0.3, -0.25) is 9.78 Å². The first kappa shape index (κ1) is 23.2. The lowest BCUT2D eigenvalue weighted by molar-refractivity contribution is 0.0936. The lowest BCUT2D eigenvalue weighted by Crippen LogP contribution is -2.38. The van der Waals surface area contributed by atoms with Crippen LogP contribution in [0.5, 0.6) is 5.75 Å². The first-order chi connectivity index (χ1) is 16.4. The van der Waals surface area contributed by atoms with Gasteiger partial charge in [0.05, 0.1) is 30.1 Å². The molecule has 1 aliphatic heterocycles. The lowest BCUT2D eigenvalue weighted by atomic mass is 10.2. The number of nitrogens with one attached hydrogen (secondary N) is 2. The number of anilines is 2. The first-order valence-electron chi connectivity index (χ1n) is 10.2. The molecule has 4 rings (SSSR count). The smallest absolute Gasteiger partial charge is 0.407 e.